The first-order chi connectivity index (χ1) is 8.19. The number of nitrogens with two attached hydrogens (primary N) is 1. The fourth-order valence-electron chi connectivity index (χ4n) is 1.16. The van der Waals surface area contributed by atoms with Crippen molar-refractivity contribution >= 4 is 28.3 Å². The van der Waals surface area contributed by atoms with E-state index in [4.69, 9.17) is 15.7 Å². The SMILES string of the molecule is N#Cc1ccc(Oc2ncc(I)cn2)c(N)c1. The monoisotopic (exact) mass is 338 g/mol. The molecule has 6 heteroatoms. The van der Waals surface area contributed by atoms with Crippen molar-refractivity contribution in [3.8, 4) is 17.8 Å². The van der Waals surface area contributed by atoms with Gasteiger partial charge in [-0.25, -0.2) is 9.97 Å². The van der Waals surface area contributed by atoms with Crippen molar-refractivity contribution in [3.05, 3.63) is 39.7 Å². The Morgan fingerprint density at radius 2 is 2.00 bits per heavy atom. The normalized spacial score (nSPS) is 9.65. The van der Waals surface area contributed by atoms with Crippen molar-refractivity contribution in [2.45, 2.75) is 0 Å². The van der Waals surface area contributed by atoms with E-state index in [9.17, 15) is 0 Å². The first-order valence-electron chi connectivity index (χ1n) is 4.64. The molecule has 0 atom stereocenters. The molecular weight excluding hydrogens is 331 g/mol. The van der Waals surface area contributed by atoms with Crippen LogP contribution in [0.5, 0.6) is 11.8 Å². The number of nitrogen functional groups attached to an aromatic ring is 1. The standard InChI is InChI=1S/C11H7IN4O/c12-8-5-15-11(16-6-8)17-10-2-1-7(4-13)3-9(10)14/h1-3,5-6H,14H2. The molecule has 1 aromatic carbocycles. The highest BCUT2D eigenvalue weighted by Gasteiger charge is 2.05. The van der Waals surface area contributed by atoms with E-state index >= 15 is 0 Å². The molecule has 0 aliphatic rings. The third-order valence-corrected chi connectivity index (χ3v) is 2.49. The Morgan fingerprint density at radius 3 is 2.59 bits per heavy atom. The molecule has 0 saturated carbocycles. The number of hydrogen-bond acceptors (Lipinski definition) is 5. The van der Waals surface area contributed by atoms with E-state index in [2.05, 4.69) is 32.6 Å². The van der Waals surface area contributed by atoms with Crippen LogP contribution in [0.1, 0.15) is 5.56 Å². The lowest BCUT2D eigenvalue weighted by molar-refractivity contribution is 0.443. The number of hydrogen-bond donors (Lipinski definition) is 1. The van der Waals surface area contributed by atoms with Crippen LogP contribution in [-0.2, 0) is 0 Å². The summed E-state index contributed by atoms with van der Waals surface area (Å²) in [5, 5.41) is 8.70. The van der Waals surface area contributed by atoms with Gasteiger partial charge in [-0.1, -0.05) is 0 Å². The summed E-state index contributed by atoms with van der Waals surface area (Å²) in [6.07, 6.45) is 3.28. The predicted octanol–water partition coefficient (Wildman–Crippen LogP) is 2.33. The molecule has 2 aromatic rings. The molecule has 0 amide bonds. The van der Waals surface area contributed by atoms with Gasteiger partial charge in [0.25, 0.3) is 0 Å². The third-order valence-electron chi connectivity index (χ3n) is 1.94. The van der Waals surface area contributed by atoms with E-state index in [1.54, 1.807) is 30.6 Å². The zero-order chi connectivity index (χ0) is 12.3. The highest BCUT2D eigenvalue weighted by Crippen LogP contribution is 2.25. The number of benzene rings is 1. The van der Waals surface area contributed by atoms with Crippen LogP contribution in [0.4, 0.5) is 5.69 Å². The summed E-state index contributed by atoms with van der Waals surface area (Å²) in [6.45, 7) is 0. The maximum atomic E-state index is 8.70. The van der Waals surface area contributed by atoms with Gasteiger partial charge in [-0.2, -0.15) is 5.26 Å². The van der Waals surface area contributed by atoms with Gasteiger partial charge in [0.2, 0.25) is 0 Å². The maximum Gasteiger partial charge on any atom is 0.322 e. The first-order valence-corrected chi connectivity index (χ1v) is 5.72. The molecule has 2 rings (SSSR count). The van der Waals surface area contributed by atoms with E-state index in [0.29, 0.717) is 17.0 Å². The van der Waals surface area contributed by atoms with Crippen molar-refractivity contribution in [1.29, 1.82) is 5.26 Å². The molecule has 0 radical (unpaired) electrons. The van der Waals surface area contributed by atoms with Crippen LogP contribution >= 0.6 is 22.6 Å². The molecule has 1 heterocycles. The first kappa shape index (κ1) is 11.6. The van der Waals surface area contributed by atoms with Crippen LogP contribution in [0.3, 0.4) is 0 Å². The van der Waals surface area contributed by atoms with E-state index in [1.165, 1.54) is 0 Å². The number of aromatic nitrogens is 2. The van der Waals surface area contributed by atoms with Gasteiger partial charge in [0.05, 0.1) is 17.3 Å². The van der Waals surface area contributed by atoms with Gasteiger partial charge in [-0.05, 0) is 40.8 Å². The average Bonchev–Trinajstić information content (AvgIpc) is 2.34. The molecule has 0 fully saturated rings. The molecule has 0 spiro atoms. The molecule has 5 nitrogen and oxygen atoms in total. The van der Waals surface area contributed by atoms with Gasteiger partial charge < -0.3 is 10.5 Å². The highest BCUT2D eigenvalue weighted by atomic mass is 127. The van der Waals surface area contributed by atoms with E-state index in [1.807, 2.05) is 6.07 Å². The van der Waals surface area contributed by atoms with Gasteiger partial charge in [-0.3, -0.25) is 0 Å². The molecule has 17 heavy (non-hydrogen) atoms. The number of rotatable bonds is 2. The van der Waals surface area contributed by atoms with Crippen LogP contribution in [0.25, 0.3) is 0 Å². The lowest BCUT2D eigenvalue weighted by atomic mass is 10.2. The van der Waals surface area contributed by atoms with Crippen molar-refractivity contribution in [2.75, 3.05) is 5.73 Å². The van der Waals surface area contributed by atoms with Crippen LogP contribution < -0.4 is 10.5 Å². The average molecular weight is 338 g/mol. The Balaban J connectivity index is 2.25. The largest absolute Gasteiger partial charge is 0.422 e. The molecule has 0 saturated heterocycles. The molecule has 84 valence electrons. The highest BCUT2D eigenvalue weighted by molar-refractivity contribution is 14.1. The van der Waals surface area contributed by atoms with Crippen molar-refractivity contribution in [1.82, 2.24) is 9.97 Å². The second-order valence-electron chi connectivity index (χ2n) is 3.15. The smallest absolute Gasteiger partial charge is 0.322 e. The van der Waals surface area contributed by atoms with Gasteiger partial charge >= 0.3 is 6.01 Å². The minimum Gasteiger partial charge on any atom is -0.422 e. The minimum absolute atomic E-state index is 0.224. The second-order valence-corrected chi connectivity index (χ2v) is 4.40. The number of anilines is 1. The zero-order valence-electron chi connectivity index (χ0n) is 8.59. The Morgan fingerprint density at radius 1 is 1.29 bits per heavy atom. The van der Waals surface area contributed by atoms with E-state index in [-0.39, 0.29) is 6.01 Å². The van der Waals surface area contributed by atoms with Crippen molar-refractivity contribution in [2.24, 2.45) is 0 Å². The molecule has 0 bridgehead atoms. The lowest BCUT2D eigenvalue weighted by Gasteiger charge is -2.06. The van der Waals surface area contributed by atoms with Crippen LogP contribution in [0.2, 0.25) is 0 Å². The zero-order valence-corrected chi connectivity index (χ0v) is 10.7. The van der Waals surface area contributed by atoms with Crippen molar-refractivity contribution in [3.63, 3.8) is 0 Å². The molecule has 2 N–H and O–H groups in total. The predicted molar refractivity (Wildman–Crippen MR) is 70.4 cm³/mol. The van der Waals surface area contributed by atoms with Gasteiger partial charge in [0.1, 0.15) is 0 Å². The van der Waals surface area contributed by atoms with E-state index < -0.39 is 0 Å². The lowest BCUT2D eigenvalue weighted by Crippen LogP contribution is -1.96. The summed E-state index contributed by atoms with van der Waals surface area (Å²) in [5.41, 5.74) is 6.61. The van der Waals surface area contributed by atoms with Crippen LogP contribution in [-0.4, -0.2) is 9.97 Å². The van der Waals surface area contributed by atoms with Crippen LogP contribution in [0.15, 0.2) is 30.6 Å². The Hall–Kier alpha value is -1.88. The summed E-state index contributed by atoms with van der Waals surface area (Å²) in [5.74, 6) is 0.435. The maximum absolute atomic E-state index is 8.70. The Labute approximate surface area is 111 Å². The van der Waals surface area contributed by atoms with Gasteiger partial charge in [0, 0.05) is 16.0 Å². The molecule has 1 aromatic heterocycles. The van der Waals surface area contributed by atoms with Gasteiger partial charge in [0.15, 0.2) is 5.75 Å². The number of nitrogens with zero attached hydrogens (tertiary/aromatic N) is 3. The molecule has 0 aliphatic heterocycles. The Bertz CT molecular complexity index is 577. The summed E-state index contributed by atoms with van der Waals surface area (Å²) in [4.78, 5) is 7.99. The van der Waals surface area contributed by atoms with Gasteiger partial charge in [-0.15, -0.1) is 0 Å². The molecule has 0 aliphatic carbocycles. The Kier molecular flexibility index (Phi) is 3.39. The fourth-order valence-corrected chi connectivity index (χ4v) is 1.44. The summed E-state index contributed by atoms with van der Waals surface area (Å²) in [6, 6.07) is 7.01. The number of ether oxygens (including phenoxy) is 1. The molecular formula is C11H7IN4O. The number of halogens is 1. The number of nitriles is 1. The quantitative estimate of drug-likeness (QED) is 0.671. The van der Waals surface area contributed by atoms with Crippen molar-refractivity contribution < 1.29 is 4.74 Å². The summed E-state index contributed by atoms with van der Waals surface area (Å²) < 4.78 is 6.32. The third kappa shape index (κ3) is 2.82. The summed E-state index contributed by atoms with van der Waals surface area (Å²) in [7, 11) is 0. The van der Waals surface area contributed by atoms with E-state index in [0.717, 1.165) is 3.57 Å². The molecule has 0 unspecified atom stereocenters. The fraction of sp³-hybridized carbons (Fsp3) is 0. The minimum atomic E-state index is 0.224. The van der Waals surface area contributed by atoms with Crippen LogP contribution in [0, 0.1) is 14.9 Å². The second kappa shape index (κ2) is 4.97. The topological polar surface area (TPSA) is 84.8 Å². The summed E-state index contributed by atoms with van der Waals surface area (Å²) >= 11 is 2.10.